The van der Waals surface area contributed by atoms with Crippen molar-refractivity contribution >= 4 is 5.91 Å². The van der Waals surface area contributed by atoms with E-state index in [-0.39, 0.29) is 5.91 Å². The molecule has 21 heavy (non-hydrogen) atoms. The van der Waals surface area contributed by atoms with Gasteiger partial charge in [-0.3, -0.25) is 9.69 Å². The Labute approximate surface area is 126 Å². The van der Waals surface area contributed by atoms with Crippen molar-refractivity contribution in [3.63, 3.8) is 0 Å². The fourth-order valence-electron chi connectivity index (χ4n) is 2.66. The molecular weight excluding hydrogens is 268 g/mol. The number of hydrogen-bond donors (Lipinski definition) is 0. The SMILES string of the molecule is COc1cccc(OC)c1C(=O)N1CCN(C(C)C)CC1. The molecule has 1 amide bonds. The zero-order chi connectivity index (χ0) is 15.4. The highest BCUT2D eigenvalue weighted by Crippen LogP contribution is 2.29. The fourth-order valence-corrected chi connectivity index (χ4v) is 2.66. The molecular formula is C16H24N2O3. The molecule has 1 aliphatic heterocycles. The largest absolute Gasteiger partial charge is 0.496 e. The summed E-state index contributed by atoms with van der Waals surface area (Å²) in [5.74, 6) is 1.10. The van der Waals surface area contributed by atoms with Crippen LogP contribution in [0.15, 0.2) is 18.2 Å². The van der Waals surface area contributed by atoms with Crippen molar-refractivity contribution in [2.24, 2.45) is 0 Å². The van der Waals surface area contributed by atoms with Gasteiger partial charge in [0, 0.05) is 32.2 Å². The molecule has 1 aromatic carbocycles. The van der Waals surface area contributed by atoms with E-state index in [1.807, 2.05) is 11.0 Å². The van der Waals surface area contributed by atoms with Gasteiger partial charge < -0.3 is 14.4 Å². The van der Waals surface area contributed by atoms with E-state index in [0.29, 0.717) is 23.1 Å². The van der Waals surface area contributed by atoms with Gasteiger partial charge in [-0.2, -0.15) is 0 Å². The van der Waals surface area contributed by atoms with Crippen molar-refractivity contribution in [2.45, 2.75) is 19.9 Å². The normalized spacial score (nSPS) is 16.1. The molecule has 0 spiro atoms. The Hall–Kier alpha value is -1.75. The summed E-state index contributed by atoms with van der Waals surface area (Å²) in [6.45, 7) is 7.64. The van der Waals surface area contributed by atoms with E-state index in [9.17, 15) is 4.79 Å². The molecule has 5 heteroatoms. The van der Waals surface area contributed by atoms with Gasteiger partial charge in [0.1, 0.15) is 17.1 Å². The van der Waals surface area contributed by atoms with Crippen LogP contribution >= 0.6 is 0 Å². The average molecular weight is 292 g/mol. The smallest absolute Gasteiger partial charge is 0.261 e. The maximum Gasteiger partial charge on any atom is 0.261 e. The predicted octanol–water partition coefficient (Wildman–Crippen LogP) is 1.87. The van der Waals surface area contributed by atoms with Gasteiger partial charge >= 0.3 is 0 Å². The number of benzene rings is 1. The second kappa shape index (κ2) is 6.80. The van der Waals surface area contributed by atoms with Crippen molar-refractivity contribution in [1.82, 2.24) is 9.80 Å². The molecule has 0 radical (unpaired) electrons. The molecule has 1 saturated heterocycles. The van der Waals surface area contributed by atoms with Gasteiger partial charge in [-0.15, -0.1) is 0 Å². The maximum absolute atomic E-state index is 12.8. The molecule has 0 unspecified atom stereocenters. The average Bonchev–Trinajstić information content (AvgIpc) is 2.53. The van der Waals surface area contributed by atoms with Crippen LogP contribution in [-0.4, -0.2) is 62.1 Å². The second-order valence-corrected chi connectivity index (χ2v) is 5.46. The first kappa shape index (κ1) is 15.6. The molecule has 1 fully saturated rings. The number of amides is 1. The van der Waals surface area contributed by atoms with Gasteiger partial charge in [-0.05, 0) is 26.0 Å². The Morgan fingerprint density at radius 3 is 2.00 bits per heavy atom. The monoisotopic (exact) mass is 292 g/mol. The van der Waals surface area contributed by atoms with Crippen LogP contribution < -0.4 is 9.47 Å². The van der Waals surface area contributed by atoms with E-state index in [1.165, 1.54) is 0 Å². The first-order valence-corrected chi connectivity index (χ1v) is 7.32. The highest BCUT2D eigenvalue weighted by molar-refractivity contribution is 5.99. The zero-order valence-corrected chi connectivity index (χ0v) is 13.3. The van der Waals surface area contributed by atoms with Crippen LogP contribution in [0.5, 0.6) is 11.5 Å². The Morgan fingerprint density at radius 1 is 1.05 bits per heavy atom. The van der Waals surface area contributed by atoms with Gasteiger partial charge in [0.05, 0.1) is 14.2 Å². The lowest BCUT2D eigenvalue weighted by molar-refractivity contribution is 0.0589. The number of rotatable bonds is 4. The van der Waals surface area contributed by atoms with Crippen LogP contribution in [0.2, 0.25) is 0 Å². The van der Waals surface area contributed by atoms with Crippen LogP contribution in [0.1, 0.15) is 24.2 Å². The summed E-state index contributed by atoms with van der Waals surface area (Å²) in [6, 6.07) is 5.92. The van der Waals surface area contributed by atoms with E-state index >= 15 is 0 Å². The van der Waals surface area contributed by atoms with Gasteiger partial charge in [0.25, 0.3) is 5.91 Å². The molecule has 0 aliphatic carbocycles. The van der Waals surface area contributed by atoms with Gasteiger partial charge in [-0.25, -0.2) is 0 Å². The minimum atomic E-state index is -0.0206. The molecule has 1 aromatic rings. The highest BCUT2D eigenvalue weighted by atomic mass is 16.5. The summed E-state index contributed by atoms with van der Waals surface area (Å²) in [7, 11) is 3.14. The molecule has 0 N–H and O–H groups in total. The lowest BCUT2D eigenvalue weighted by atomic mass is 10.1. The number of nitrogens with zero attached hydrogens (tertiary/aromatic N) is 2. The summed E-state index contributed by atoms with van der Waals surface area (Å²) < 4.78 is 10.6. The first-order chi connectivity index (χ1) is 10.1. The first-order valence-electron chi connectivity index (χ1n) is 7.32. The maximum atomic E-state index is 12.8. The van der Waals surface area contributed by atoms with E-state index in [4.69, 9.17) is 9.47 Å². The third-order valence-corrected chi connectivity index (χ3v) is 3.97. The van der Waals surface area contributed by atoms with E-state index in [1.54, 1.807) is 26.4 Å². The minimum absolute atomic E-state index is 0.0206. The molecule has 1 heterocycles. The summed E-state index contributed by atoms with van der Waals surface area (Å²) in [5, 5.41) is 0. The van der Waals surface area contributed by atoms with E-state index < -0.39 is 0 Å². The number of methoxy groups -OCH3 is 2. The molecule has 0 aromatic heterocycles. The number of carbonyl (C=O) groups is 1. The molecule has 5 nitrogen and oxygen atoms in total. The Morgan fingerprint density at radius 2 is 1.57 bits per heavy atom. The molecule has 0 atom stereocenters. The lowest BCUT2D eigenvalue weighted by Crippen LogP contribution is -2.50. The van der Waals surface area contributed by atoms with Crippen molar-refractivity contribution in [3.05, 3.63) is 23.8 Å². The molecule has 2 rings (SSSR count). The Bertz CT molecular complexity index is 472. The standard InChI is InChI=1S/C16H24N2O3/c1-12(2)17-8-10-18(11-9-17)16(19)15-13(20-3)6-5-7-14(15)21-4/h5-7,12H,8-11H2,1-4H3. The van der Waals surface area contributed by atoms with E-state index in [2.05, 4.69) is 18.7 Å². The number of piperazine rings is 1. The molecule has 1 aliphatic rings. The van der Waals surface area contributed by atoms with Gasteiger partial charge in [0.15, 0.2) is 0 Å². The van der Waals surface area contributed by atoms with Crippen LogP contribution in [0.25, 0.3) is 0 Å². The Balaban J connectivity index is 2.18. The van der Waals surface area contributed by atoms with E-state index in [0.717, 1.165) is 26.2 Å². The van der Waals surface area contributed by atoms with Gasteiger partial charge in [-0.1, -0.05) is 6.07 Å². The molecule has 0 saturated carbocycles. The summed E-state index contributed by atoms with van der Waals surface area (Å²) in [4.78, 5) is 17.0. The highest BCUT2D eigenvalue weighted by Gasteiger charge is 2.27. The molecule has 116 valence electrons. The number of hydrogen-bond acceptors (Lipinski definition) is 4. The predicted molar refractivity (Wildman–Crippen MR) is 82.2 cm³/mol. The third-order valence-electron chi connectivity index (χ3n) is 3.97. The van der Waals surface area contributed by atoms with Crippen molar-refractivity contribution in [2.75, 3.05) is 40.4 Å². The van der Waals surface area contributed by atoms with Crippen molar-refractivity contribution < 1.29 is 14.3 Å². The van der Waals surface area contributed by atoms with Crippen LogP contribution in [0.4, 0.5) is 0 Å². The third kappa shape index (κ3) is 3.29. The van der Waals surface area contributed by atoms with Crippen LogP contribution in [0.3, 0.4) is 0 Å². The van der Waals surface area contributed by atoms with Crippen LogP contribution in [0, 0.1) is 0 Å². The van der Waals surface area contributed by atoms with Crippen molar-refractivity contribution in [3.8, 4) is 11.5 Å². The minimum Gasteiger partial charge on any atom is -0.496 e. The molecule has 0 bridgehead atoms. The van der Waals surface area contributed by atoms with Gasteiger partial charge in [0.2, 0.25) is 0 Å². The van der Waals surface area contributed by atoms with Crippen LogP contribution in [-0.2, 0) is 0 Å². The summed E-state index contributed by atoms with van der Waals surface area (Å²) in [5.41, 5.74) is 0.514. The topological polar surface area (TPSA) is 42.0 Å². The Kier molecular flexibility index (Phi) is 5.07. The number of ether oxygens (including phenoxy) is 2. The summed E-state index contributed by atoms with van der Waals surface area (Å²) >= 11 is 0. The lowest BCUT2D eigenvalue weighted by Gasteiger charge is -2.37. The quantitative estimate of drug-likeness (QED) is 0.849. The summed E-state index contributed by atoms with van der Waals surface area (Å²) in [6.07, 6.45) is 0. The number of carbonyl (C=O) groups excluding carboxylic acids is 1. The fraction of sp³-hybridized carbons (Fsp3) is 0.562. The van der Waals surface area contributed by atoms with Crippen molar-refractivity contribution in [1.29, 1.82) is 0 Å². The zero-order valence-electron chi connectivity index (χ0n) is 13.3. The second-order valence-electron chi connectivity index (χ2n) is 5.46.